The highest BCUT2D eigenvalue weighted by atomic mass is 16.4. The van der Waals surface area contributed by atoms with Crippen LogP contribution in [-0.2, 0) is 25.6 Å². The molecule has 2 aliphatic heterocycles. The summed E-state index contributed by atoms with van der Waals surface area (Å²) in [5.41, 5.74) is 0.792. The molecule has 9 nitrogen and oxygen atoms in total. The monoisotopic (exact) mass is 472 g/mol. The van der Waals surface area contributed by atoms with Crippen LogP contribution in [-0.4, -0.2) is 71.0 Å². The Kier molecular flexibility index (Phi) is 9.04. The molecule has 4 N–H and O–H groups in total. The molecule has 5 atom stereocenters. The fourth-order valence-corrected chi connectivity index (χ4v) is 4.66. The number of hydrogen-bond acceptors (Lipinski definition) is 5. The second-order valence-corrected chi connectivity index (χ2v) is 9.30. The molecule has 0 radical (unpaired) electrons. The molecule has 186 valence electrons. The third-order valence-corrected chi connectivity index (χ3v) is 6.89. The van der Waals surface area contributed by atoms with Crippen LogP contribution in [0.3, 0.4) is 0 Å². The summed E-state index contributed by atoms with van der Waals surface area (Å²) in [5, 5.41) is 18.3. The molecule has 5 unspecified atom stereocenters. The standard InChI is InChI=1S/C25H36N4O5/c1-3-16(2)21(23(31)27-19(25(33)34)15-17-9-5-4-6-10-17)28-22(30)20-12-8-14-29(20)24(32)18-11-7-13-26-18/h4-6,9-10,16,18-21,26H,3,7-8,11-15H2,1-2H3,(H,27,31)(H,28,30)(H,33,34). The van der Waals surface area contributed by atoms with Crippen molar-refractivity contribution in [1.29, 1.82) is 0 Å². The second-order valence-electron chi connectivity index (χ2n) is 9.30. The van der Waals surface area contributed by atoms with Gasteiger partial charge in [0.1, 0.15) is 18.1 Å². The number of likely N-dealkylation sites (tertiary alicyclic amines) is 1. The molecule has 0 aromatic heterocycles. The zero-order valence-corrected chi connectivity index (χ0v) is 20.0. The van der Waals surface area contributed by atoms with E-state index in [0.717, 1.165) is 31.4 Å². The van der Waals surface area contributed by atoms with E-state index in [1.807, 2.05) is 32.0 Å². The molecule has 9 heteroatoms. The molecule has 2 aliphatic rings. The zero-order valence-electron chi connectivity index (χ0n) is 20.0. The maximum absolute atomic E-state index is 13.2. The number of aliphatic carboxylic acids is 1. The van der Waals surface area contributed by atoms with Gasteiger partial charge in [-0.2, -0.15) is 0 Å². The first kappa shape index (κ1) is 25.7. The number of rotatable bonds is 10. The molecule has 1 aromatic carbocycles. The van der Waals surface area contributed by atoms with Crippen LogP contribution >= 0.6 is 0 Å². The molecular formula is C25H36N4O5. The van der Waals surface area contributed by atoms with Crippen LogP contribution in [0.25, 0.3) is 0 Å². The summed E-state index contributed by atoms with van der Waals surface area (Å²) in [6.45, 7) is 5.07. The summed E-state index contributed by atoms with van der Waals surface area (Å²) in [6.07, 6.45) is 3.74. The molecule has 0 saturated carbocycles. The minimum absolute atomic E-state index is 0.0616. The highest BCUT2D eigenvalue weighted by Gasteiger charge is 2.39. The number of amides is 3. The van der Waals surface area contributed by atoms with Gasteiger partial charge in [-0.15, -0.1) is 0 Å². The Labute approximate surface area is 200 Å². The first-order valence-corrected chi connectivity index (χ1v) is 12.2. The number of carbonyl (C=O) groups is 4. The van der Waals surface area contributed by atoms with Crippen LogP contribution in [0.4, 0.5) is 0 Å². The third kappa shape index (κ3) is 6.34. The van der Waals surface area contributed by atoms with E-state index in [4.69, 9.17) is 0 Å². The van der Waals surface area contributed by atoms with Crippen molar-refractivity contribution in [1.82, 2.24) is 20.9 Å². The molecule has 0 spiro atoms. The maximum Gasteiger partial charge on any atom is 0.326 e. The Morgan fingerprint density at radius 1 is 1.12 bits per heavy atom. The van der Waals surface area contributed by atoms with Crippen molar-refractivity contribution in [3.63, 3.8) is 0 Å². The van der Waals surface area contributed by atoms with Crippen molar-refractivity contribution in [2.24, 2.45) is 5.92 Å². The molecule has 3 rings (SSSR count). The number of benzene rings is 1. The van der Waals surface area contributed by atoms with Crippen LogP contribution in [0.15, 0.2) is 30.3 Å². The fourth-order valence-electron chi connectivity index (χ4n) is 4.66. The maximum atomic E-state index is 13.2. The van der Waals surface area contributed by atoms with Crippen molar-refractivity contribution in [3.05, 3.63) is 35.9 Å². The zero-order chi connectivity index (χ0) is 24.7. The van der Waals surface area contributed by atoms with Gasteiger partial charge in [-0.1, -0.05) is 50.6 Å². The fraction of sp³-hybridized carbons (Fsp3) is 0.600. The number of nitrogens with zero attached hydrogens (tertiary/aromatic N) is 1. The summed E-state index contributed by atoms with van der Waals surface area (Å²) in [6, 6.07) is 6.20. The minimum atomic E-state index is -1.14. The summed E-state index contributed by atoms with van der Waals surface area (Å²) >= 11 is 0. The normalized spacial score (nSPS) is 22.6. The first-order valence-electron chi connectivity index (χ1n) is 12.2. The van der Waals surface area contributed by atoms with Gasteiger partial charge in [-0.3, -0.25) is 14.4 Å². The molecule has 0 aliphatic carbocycles. The summed E-state index contributed by atoms with van der Waals surface area (Å²) < 4.78 is 0. The highest BCUT2D eigenvalue weighted by Crippen LogP contribution is 2.21. The van der Waals surface area contributed by atoms with Gasteiger partial charge in [-0.05, 0) is 43.7 Å². The molecule has 3 amide bonds. The van der Waals surface area contributed by atoms with Crippen LogP contribution in [0.1, 0.15) is 51.5 Å². The average molecular weight is 473 g/mol. The predicted octanol–water partition coefficient (Wildman–Crippen LogP) is 1.07. The van der Waals surface area contributed by atoms with Crippen molar-refractivity contribution in [2.75, 3.05) is 13.1 Å². The first-order chi connectivity index (χ1) is 16.3. The number of carboxylic acids is 1. The number of carboxylic acid groups (broad SMARTS) is 1. The minimum Gasteiger partial charge on any atom is -0.480 e. The van der Waals surface area contributed by atoms with Gasteiger partial charge >= 0.3 is 5.97 Å². The molecule has 2 heterocycles. The van der Waals surface area contributed by atoms with E-state index in [1.54, 1.807) is 17.0 Å². The van der Waals surface area contributed by atoms with Gasteiger partial charge in [-0.25, -0.2) is 4.79 Å². The molecule has 1 aromatic rings. The van der Waals surface area contributed by atoms with Crippen LogP contribution < -0.4 is 16.0 Å². The van der Waals surface area contributed by atoms with E-state index in [1.165, 1.54) is 0 Å². The lowest BCUT2D eigenvalue weighted by Gasteiger charge is -2.30. The van der Waals surface area contributed by atoms with Crippen molar-refractivity contribution < 1.29 is 24.3 Å². The SMILES string of the molecule is CCC(C)C(NC(=O)C1CCCN1C(=O)C1CCCN1)C(=O)NC(Cc1ccccc1)C(=O)O. The third-order valence-electron chi connectivity index (χ3n) is 6.89. The Balaban J connectivity index is 1.68. The lowest BCUT2D eigenvalue weighted by molar-refractivity contribution is -0.143. The Morgan fingerprint density at radius 3 is 2.47 bits per heavy atom. The van der Waals surface area contributed by atoms with Gasteiger partial charge < -0.3 is 26.0 Å². The van der Waals surface area contributed by atoms with E-state index >= 15 is 0 Å². The molecule has 2 saturated heterocycles. The second kappa shape index (κ2) is 12.0. The molecular weight excluding hydrogens is 436 g/mol. The van der Waals surface area contributed by atoms with Gasteiger partial charge in [0.2, 0.25) is 17.7 Å². The van der Waals surface area contributed by atoms with Crippen molar-refractivity contribution >= 4 is 23.7 Å². The van der Waals surface area contributed by atoms with E-state index in [0.29, 0.717) is 19.4 Å². The van der Waals surface area contributed by atoms with E-state index < -0.39 is 30.0 Å². The van der Waals surface area contributed by atoms with E-state index in [9.17, 15) is 24.3 Å². The number of hydrogen-bond donors (Lipinski definition) is 4. The summed E-state index contributed by atoms with van der Waals surface area (Å²) in [7, 11) is 0. The van der Waals surface area contributed by atoms with Crippen LogP contribution in [0, 0.1) is 5.92 Å². The van der Waals surface area contributed by atoms with Crippen molar-refractivity contribution in [3.8, 4) is 0 Å². The quantitative estimate of drug-likeness (QED) is 0.403. The van der Waals surface area contributed by atoms with Gasteiger partial charge in [0, 0.05) is 13.0 Å². The van der Waals surface area contributed by atoms with Gasteiger partial charge in [0.15, 0.2) is 0 Å². The predicted molar refractivity (Wildman–Crippen MR) is 127 cm³/mol. The number of nitrogens with one attached hydrogen (secondary N) is 3. The highest BCUT2D eigenvalue weighted by molar-refractivity contribution is 5.94. The average Bonchev–Trinajstić information content (AvgIpc) is 3.54. The van der Waals surface area contributed by atoms with Gasteiger partial charge in [0.25, 0.3) is 0 Å². The molecule has 34 heavy (non-hydrogen) atoms. The smallest absolute Gasteiger partial charge is 0.326 e. The largest absolute Gasteiger partial charge is 0.480 e. The lowest BCUT2D eigenvalue weighted by Crippen LogP contribution is -2.58. The molecule has 0 bridgehead atoms. The topological polar surface area (TPSA) is 128 Å². The summed E-state index contributed by atoms with van der Waals surface area (Å²) in [4.78, 5) is 52.7. The van der Waals surface area contributed by atoms with E-state index in [2.05, 4.69) is 16.0 Å². The van der Waals surface area contributed by atoms with Gasteiger partial charge in [0.05, 0.1) is 6.04 Å². The lowest BCUT2D eigenvalue weighted by atomic mass is 9.96. The Bertz CT molecular complexity index is 871. The van der Waals surface area contributed by atoms with Crippen molar-refractivity contribution in [2.45, 2.75) is 76.5 Å². The van der Waals surface area contributed by atoms with Crippen LogP contribution in [0.2, 0.25) is 0 Å². The Morgan fingerprint density at radius 2 is 1.85 bits per heavy atom. The molecule has 2 fully saturated rings. The van der Waals surface area contributed by atoms with Crippen LogP contribution in [0.5, 0.6) is 0 Å². The Hall–Kier alpha value is -2.94. The number of carbonyl (C=O) groups excluding carboxylic acids is 3. The summed E-state index contributed by atoms with van der Waals surface area (Å²) in [5.74, 6) is -2.30. The van der Waals surface area contributed by atoms with E-state index in [-0.39, 0.29) is 30.2 Å².